The maximum Gasteiger partial charge on any atom is 0.262 e. The molecule has 0 N–H and O–H groups in total. The number of hydrogen-bond acceptors (Lipinski definition) is 4. The monoisotopic (exact) mass is 298 g/mol. The molecule has 0 aliphatic heterocycles. The molecule has 3 aromatic rings. The molecule has 2 heterocycles. The number of aromatic nitrogens is 2. The molecule has 0 radical (unpaired) electrons. The minimum atomic E-state index is -0.167. The van der Waals surface area contributed by atoms with E-state index in [9.17, 15) is 9.59 Å². The summed E-state index contributed by atoms with van der Waals surface area (Å²) in [5.41, 5.74) is 2.44. The number of nitrogens with zero attached hydrogens (tertiary/aromatic N) is 2. The Morgan fingerprint density at radius 1 is 1.29 bits per heavy atom. The van der Waals surface area contributed by atoms with Gasteiger partial charge in [0, 0.05) is 5.56 Å². The number of fused-ring (bicyclic) bond motifs is 1. The van der Waals surface area contributed by atoms with Gasteiger partial charge in [-0.3, -0.25) is 14.2 Å². The molecule has 21 heavy (non-hydrogen) atoms. The van der Waals surface area contributed by atoms with Crippen LogP contribution in [-0.4, -0.2) is 15.3 Å². The van der Waals surface area contributed by atoms with Gasteiger partial charge in [0.1, 0.15) is 4.83 Å². The predicted molar refractivity (Wildman–Crippen MR) is 84.1 cm³/mol. The van der Waals surface area contributed by atoms with Crippen molar-refractivity contribution >= 4 is 27.3 Å². The molecular formula is C16H14N2O2S. The van der Waals surface area contributed by atoms with Gasteiger partial charge in [-0.25, -0.2) is 4.98 Å². The minimum absolute atomic E-state index is 0.0158. The van der Waals surface area contributed by atoms with Crippen LogP contribution in [0.5, 0.6) is 0 Å². The van der Waals surface area contributed by atoms with Crippen molar-refractivity contribution < 1.29 is 4.79 Å². The molecular weight excluding hydrogens is 284 g/mol. The molecule has 2 aromatic heterocycles. The van der Waals surface area contributed by atoms with Crippen molar-refractivity contribution in [2.24, 2.45) is 0 Å². The molecule has 1 aromatic carbocycles. The first-order valence-electron chi connectivity index (χ1n) is 6.59. The van der Waals surface area contributed by atoms with E-state index in [2.05, 4.69) is 4.98 Å². The van der Waals surface area contributed by atoms with Gasteiger partial charge in [-0.05, 0) is 36.9 Å². The summed E-state index contributed by atoms with van der Waals surface area (Å²) in [5.74, 6) is -0.0744. The van der Waals surface area contributed by atoms with Gasteiger partial charge in [0.05, 0.1) is 18.3 Å². The van der Waals surface area contributed by atoms with Gasteiger partial charge < -0.3 is 0 Å². The van der Waals surface area contributed by atoms with Crippen LogP contribution < -0.4 is 5.56 Å². The third kappa shape index (κ3) is 2.52. The van der Waals surface area contributed by atoms with E-state index in [1.54, 1.807) is 6.07 Å². The second kappa shape index (κ2) is 5.26. The van der Waals surface area contributed by atoms with Crippen molar-refractivity contribution in [3.63, 3.8) is 0 Å². The van der Waals surface area contributed by atoms with Gasteiger partial charge in [-0.1, -0.05) is 17.7 Å². The van der Waals surface area contributed by atoms with Crippen molar-refractivity contribution in [3.8, 4) is 0 Å². The number of benzene rings is 1. The molecule has 0 saturated carbocycles. The van der Waals surface area contributed by atoms with E-state index in [4.69, 9.17) is 0 Å². The Labute approximate surface area is 125 Å². The van der Waals surface area contributed by atoms with Crippen LogP contribution >= 0.6 is 11.3 Å². The van der Waals surface area contributed by atoms with Crippen molar-refractivity contribution in [2.75, 3.05) is 0 Å². The fraction of sp³-hybridized carbons (Fsp3) is 0.188. The molecule has 0 saturated heterocycles. The summed E-state index contributed by atoms with van der Waals surface area (Å²) in [5, 5.41) is 2.40. The number of thiophene rings is 1. The van der Waals surface area contributed by atoms with E-state index in [0.717, 1.165) is 11.1 Å². The Balaban J connectivity index is 1.98. The second-order valence-corrected chi connectivity index (χ2v) is 5.95. The Hall–Kier alpha value is -2.27. The number of rotatable bonds is 3. The van der Waals surface area contributed by atoms with Crippen LogP contribution in [0.2, 0.25) is 0 Å². The van der Waals surface area contributed by atoms with Crippen LogP contribution in [0.3, 0.4) is 0 Å². The predicted octanol–water partition coefficient (Wildman–Crippen LogP) is 2.96. The van der Waals surface area contributed by atoms with E-state index in [0.29, 0.717) is 15.8 Å². The lowest BCUT2D eigenvalue weighted by Crippen LogP contribution is -2.24. The molecule has 0 aliphatic carbocycles. The average molecular weight is 298 g/mol. The highest BCUT2D eigenvalue weighted by Gasteiger charge is 2.12. The molecule has 0 aliphatic rings. The first-order valence-corrected chi connectivity index (χ1v) is 7.47. The second-order valence-electron chi connectivity index (χ2n) is 5.06. The highest BCUT2D eigenvalue weighted by molar-refractivity contribution is 7.16. The summed E-state index contributed by atoms with van der Waals surface area (Å²) < 4.78 is 1.37. The zero-order valence-electron chi connectivity index (χ0n) is 11.8. The summed E-state index contributed by atoms with van der Waals surface area (Å²) in [7, 11) is 0. The Morgan fingerprint density at radius 2 is 2.10 bits per heavy atom. The van der Waals surface area contributed by atoms with Crippen LogP contribution in [0.1, 0.15) is 21.5 Å². The third-order valence-corrected chi connectivity index (χ3v) is 4.28. The van der Waals surface area contributed by atoms with E-state index in [1.807, 2.05) is 37.4 Å². The van der Waals surface area contributed by atoms with E-state index in [1.165, 1.54) is 22.2 Å². The molecule has 106 valence electrons. The molecule has 0 spiro atoms. The average Bonchev–Trinajstić information content (AvgIpc) is 2.93. The third-order valence-electron chi connectivity index (χ3n) is 3.46. The number of hydrogen-bond donors (Lipinski definition) is 0. The first-order chi connectivity index (χ1) is 10.1. The number of ketones is 1. The van der Waals surface area contributed by atoms with Gasteiger partial charge in [0.15, 0.2) is 5.78 Å². The van der Waals surface area contributed by atoms with E-state index >= 15 is 0 Å². The van der Waals surface area contributed by atoms with Gasteiger partial charge in [0.2, 0.25) is 0 Å². The summed E-state index contributed by atoms with van der Waals surface area (Å²) in [6.07, 6.45) is 1.45. The van der Waals surface area contributed by atoms with Gasteiger partial charge in [-0.15, -0.1) is 11.3 Å². The maximum atomic E-state index is 12.4. The smallest absolute Gasteiger partial charge is 0.262 e. The SMILES string of the molecule is Cc1ccc(C)c(C(=O)Cn2cnc3sccc3c2=O)c1. The number of Topliss-reactive ketones (excluding diaryl/α,β-unsaturated/α-hetero) is 1. The summed E-state index contributed by atoms with van der Waals surface area (Å²) >= 11 is 1.42. The zero-order chi connectivity index (χ0) is 15.0. The summed E-state index contributed by atoms with van der Waals surface area (Å²) in [6.45, 7) is 3.86. The molecule has 0 bridgehead atoms. The fourth-order valence-corrected chi connectivity index (χ4v) is 3.01. The van der Waals surface area contributed by atoms with Gasteiger partial charge >= 0.3 is 0 Å². The van der Waals surface area contributed by atoms with Crippen LogP contribution in [0, 0.1) is 13.8 Å². The standard InChI is InChI=1S/C16H14N2O2S/c1-10-3-4-11(2)13(7-10)14(19)8-18-9-17-15-12(16(18)20)5-6-21-15/h3-7,9H,8H2,1-2H3. The molecule has 5 heteroatoms. The quantitative estimate of drug-likeness (QED) is 0.699. The lowest BCUT2D eigenvalue weighted by atomic mass is 10.0. The Bertz CT molecular complexity index is 893. The number of carbonyl (C=O) groups is 1. The Morgan fingerprint density at radius 3 is 2.90 bits per heavy atom. The van der Waals surface area contributed by atoms with Crippen LogP contribution in [0.4, 0.5) is 0 Å². The normalized spacial score (nSPS) is 11.0. The minimum Gasteiger partial charge on any atom is -0.292 e. The van der Waals surface area contributed by atoms with E-state index < -0.39 is 0 Å². The topological polar surface area (TPSA) is 52.0 Å². The highest BCUT2D eigenvalue weighted by atomic mass is 32.1. The van der Waals surface area contributed by atoms with Crippen LogP contribution in [0.15, 0.2) is 40.8 Å². The summed E-state index contributed by atoms with van der Waals surface area (Å²) in [6, 6.07) is 7.50. The fourth-order valence-electron chi connectivity index (χ4n) is 2.28. The lowest BCUT2D eigenvalue weighted by molar-refractivity contribution is 0.0970. The number of aryl methyl sites for hydroxylation is 2. The van der Waals surface area contributed by atoms with Crippen molar-refractivity contribution in [3.05, 3.63) is 63.0 Å². The molecule has 3 rings (SSSR count). The van der Waals surface area contributed by atoms with Crippen LogP contribution in [-0.2, 0) is 6.54 Å². The highest BCUT2D eigenvalue weighted by Crippen LogP contribution is 2.15. The maximum absolute atomic E-state index is 12.4. The number of carbonyl (C=O) groups excluding carboxylic acids is 1. The Kier molecular flexibility index (Phi) is 3.43. The molecule has 0 amide bonds. The van der Waals surface area contributed by atoms with Gasteiger partial charge in [-0.2, -0.15) is 0 Å². The van der Waals surface area contributed by atoms with Crippen molar-refractivity contribution in [1.29, 1.82) is 0 Å². The molecule has 0 fully saturated rings. The first kappa shape index (κ1) is 13.7. The molecule has 0 atom stereocenters. The van der Waals surface area contributed by atoms with Crippen LogP contribution in [0.25, 0.3) is 10.2 Å². The van der Waals surface area contributed by atoms with E-state index in [-0.39, 0.29) is 17.9 Å². The lowest BCUT2D eigenvalue weighted by Gasteiger charge is -2.08. The molecule has 0 unspecified atom stereocenters. The molecule has 4 nitrogen and oxygen atoms in total. The zero-order valence-corrected chi connectivity index (χ0v) is 12.6. The van der Waals surface area contributed by atoms with Gasteiger partial charge in [0.25, 0.3) is 5.56 Å². The van der Waals surface area contributed by atoms with Crippen molar-refractivity contribution in [1.82, 2.24) is 9.55 Å². The summed E-state index contributed by atoms with van der Waals surface area (Å²) in [4.78, 5) is 29.6. The largest absolute Gasteiger partial charge is 0.292 e. The van der Waals surface area contributed by atoms with Crippen molar-refractivity contribution in [2.45, 2.75) is 20.4 Å².